The average Bonchev–Trinajstić information content (AvgIpc) is 2.96. The van der Waals surface area contributed by atoms with E-state index < -0.39 is 0 Å². The van der Waals surface area contributed by atoms with Crippen LogP contribution in [0.25, 0.3) is 21.9 Å². The van der Waals surface area contributed by atoms with Crippen LogP contribution in [0.3, 0.4) is 0 Å². The van der Waals surface area contributed by atoms with Crippen molar-refractivity contribution in [3.8, 4) is 22.6 Å². The highest BCUT2D eigenvalue weighted by molar-refractivity contribution is 6.02. The summed E-state index contributed by atoms with van der Waals surface area (Å²) in [5, 5.41) is 2.29. The molecule has 0 unspecified atom stereocenters. The molecule has 0 bridgehead atoms. The van der Waals surface area contributed by atoms with Crippen LogP contribution in [0.5, 0.6) is 11.5 Å². The van der Waals surface area contributed by atoms with Crippen LogP contribution in [-0.2, 0) is 28.4 Å². The van der Waals surface area contributed by atoms with Gasteiger partial charge in [-0.15, -0.1) is 0 Å². The van der Waals surface area contributed by atoms with Crippen LogP contribution in [0, 0.1) is 20.8 Å². The van der Waals surface area contributed by atoms with Crippen LogP contribution >= 0.6 is 0 Å². The predicted octanol–water partition coefficient (Wildman–Crippen LogP) is 5.55. The molecule has 0 amide bonds. The van der Waals surface area contributed by atoms with E-state index in [2.05, 4.69) is 57.2 Å². The van der Waals surface area contributed by atoms with Gasteiger partial charge in [0.2, 0.25) is 0 Å². The smallest absolute Gasteiger partial charge is 0.127 e. The van der Waals surface area contributed by atoms with Gasteiger partial charge in [-0.05, 0) is 72.2 Å². The first kappa shape index (κ1) is 32.8. The number of hydrogen-bond acceptors (Lipinski definition) is 8. The Bertz CT molecular complexity index is 1180. The summed E-state index contributed by atoms with van der Waals surface area (Å²) in [6, 6.07) is 15.0. The van der Waals surface area contributed by atoms with E-state index in [4.69, 9.17) is 37.9 Å². The van der Waals surface area contributed by atoms with E-state index in [0.717, 1.165) is 39.1 Å². The summed E-state index contributed by atoms with van der Waals surface area (Å²) in [5.41, 5.74) is 5.69. The van der Waals surface area contributed by atoms with Gasteiger partial charge in [0.25, 0.3) is 0 Å². The van der Waals surface area contributed by atoms with Crippen LogP contribution in [0.2, 0.25) is 0 Å². The second kappa shape index (κ2) is 18.7. The lowest BCUT2D eigenvalue weighted by Gasteiger charge is -2.17. The van der Waals surface area contributed by atoms with E-state index >= 15 is 0 Å². The van der Waals surface area contributed by atoms with Crippen molar-refractivity contribution in [3.63, 3.8) is 0 Å². The Morgan fingerprint density at radius 2 is 1.02 bits per heavy atom. The minimum absolute atomic E-state index is 0.468. The number of benzene rings is 3. The first-order chi connectivity index (χ1) is 20.0. The molecule has 3 aromatic carbocycles. The lowest BCUT2D eigenvalue weighted by atomic mass is 9.93. The summed E-state index contributed by atoms with van der Waals surface area (Å²) < 4.78 is 44.2. The quantitative estimate of drug-likeness (QED) is 0.154. The van der Waals surface area contributed by atoms with Gasteiger partial charge < -0.3 is 37.9 Å². The molecule has 41 heavy (non-hydrogen) atoms. The Hall–Kier alpha value is -2.72. The van der Waals surface area contributed by atoms with Crippen LogP contribution in [0.4, 0.5) is 0 Å². The van der Waals surface area contributed by atoms with Gasteiger partial charge in [0.05, 0.1) is 66.1 Å². The molecule has 0 saturated heterocycles. The molecule has 0 aliphatic heterocycles. The molecule has 0 N–H and O–H groups in total. The number of aryl methyl sites for hydroxylation is 3. The van der Waals surface area contributed by atoms with Gasteiger partial charge >= 0.3 is 0 Å². The minimum atomic E-state index is 0.468. The Morgan fingerprint density at radius 1 is 0.488 bits per heavy atom. The molecule has 8 nitrogen and oxygen atoms in total. The fourth-order valence-electron chi connectivity index (χ4n) is 4.45. The van der Waals surface area contributed by atoms with Gasteiger partial charge in [0.1, 0.15) is 24.7 Å². The first-order valence-corrected chi connectivity index (χ1v) is 14.2. The molecule has 0 saturated carbocycles. The fourth-order valence-corrected chi connectivity index (χ4v) is 4.45. The molecule has 0 fully saturated rings. The van der Waals surface area contributed by atoms with Crippen molar-refractivity contribution in [2.75, 3.05) is 93.5 Å². The molecule has 8 heteroatoms. The molecule has 0 heterocycles. The van der Waals surface area contributed by atoms with Gasteiger partial charge in [-0.1, -0.05) is 24.3 Å². The second-order valence-corrected chi connectivity index (χ2v) is 9.73. The highest BCUT2D eigenvalue weighted by Crippen LogP contribution is 2.38. The van der Waals surface area contributed by atoms with Gasteiger partial charge in [0, 0.05) is 19.6 Å². The van der Waals surface area contributed by atoms with Crippen molar-refractivity contribution in [3.05, 3.63) is 59.2 Å². The molecule has 0 atom stereocenters. The molecule has 0 radical (unpaired) electrons. The summed E-state index contributed by atoms with van der Waals surface area (Å²) in [4.78, 5) is 0. The molecule has 3 rings (SSSR count). The Kier molecular flexibility index (Phi) is 14.9. The Balaban J connectivity index is 1.59. The SMILES string of the molecule is COCCOCCOCCOc1ccc(-c2ccc(C)c3c(OCCOCCOCCOC)cc(C)cc23)cc1C. The van der Waals surface area contributed by atoms with Crippen molar-refractivity contribution in [1.29, 1.82) is 0 Å². The average molecular weight is 571 g/mol. The third-order valence-corrected chi connectivity index (χ3v) is 6.50. The number of ether oxygens (including phenoxy) is 8. The van der Waals surface area contributed by atoms with E-state index in [1.54, 1.807) is 14.2 Å². The zero-order chi connectivity index (χ0) is 29.3. The zero-order valence-corrected chi connectivity index (χ0v) is 25.3. The lowest BCUT2D eigenvalue weighted by molar-refractivity contribution is 0.0179. The highest BCUT2D eigenvalue weighted by atomic mass is 16.6. The van der Waals surface area contributed by atoms with Gasteiger partial charge in [0.15, 0.2) is 0 Å². The third kappa shape index (κ3) is 10.9. The summed E-state index contributed by atoms with van der Waals surface area (Å²) in [5.74, 6) is 1.73. The predicted molar refractivity (Wildman–Crippen MR) is 162 cm³/mol. The zero-order valence-electron chi connectivity index (χ0n) is 25.3. The molecular weight excluding hydrogens is 524 g/mol. The summed E-state index contributed by atoms with van der Waals surface area (Å²) >= 11 is 0. The summed E-state index contributed by atoms with van der Waals surface area (Å²) in [7, 11) is 3.32. The second-order valence-electron chi connectivity index (χ2n) is 9.73. The Morgan fingerprint density at radius 3 is 1.59 bits per heavy atom. The van der Waals surface area contributed by atoms with Crippen molar-refractivity contribution in [2.45, 2.75) is 20.8 Å². The summed E-state index contributed by atoms with van der Waals surface area (Å²) in [6.45, 7) is 12.7. The van der Waals surface area contributed by atoms with E-state index in [1.165, 1.54) is 10.9 Å². The van der Waals surface area contributed by atoms with E-state index in [0.29, 0.717) is 79.3 Å². The van der Waals surface area contributed by atoms with Crippen molar-refractivity contribution < 1.29 is 37.9 Å². The molecule has 0 spiro atoms. The number of hydrogen-bond donors (Lipinski definition) is 0. The minimum Gasteiger partial charge on any atom is -0.491 e. The first-order valence-electron chi connectivity index (χ1n) is 14.2. The lowest BCUT2D eigenvalue weighted by Crippen LogP contribution is -2.12. The van der Waals surface area contributed by atoms with Crippen molar-refractivity contribution in [2.24, 2.45) is 0 Å². The summed E-state index contributed by atoms with van der Waals surface area (Å²) in [6.07, 6.45) is 0. The van der Waals surface area contributed by atoms with Gasteiger partial charge in [-0.2, -0.15) is 0 Å². The van der Waals surface area contributed by atoms with Crippen LogP contribution in [0.15, 0.2) is 42.5 Å². The third-order valence-electron chi connectivity index (χ3n) is 6.50. The number of methoxy groups -OCH3 is 2. The van der Waals surface area contributed by atoms with Gasteiger partial charge in [-0.25, -0.2) is 0 Å². The monoisotopic (exact) mass is 570 g/mol. The molecule has 0 aromatic heterocycles. The highest BCUT2D eigenvalue weighted by Gasteiger charge is 2.13. The van der Waals surface area contributed by atoms with E-state index in [9.17, 15) is 0 Å². The van der Waals surface area contributed by atoms with Crippen LogP contribution < -0.4 is 9.47 Å². The molecule has 226 valence electrons. The number of rotatable bonds is 21. The normalized spacial score (nSPS) is 11.3. The van der Waals surface area contributed by atoms with E-state index in [-0.39, 0.29) is 0 Å². The van der Waals surface area contributed by atoms with Crippen molar-refractivity contribution in [1.82, 2.24) is 0 Å². The number of fused-ring (bicyclic) bond motifs is 1. The molecule has 0 aliphatic carbocycles. The maximum absolute atomic E-state index is 6.23. The standard InChI is InChI=1S/C33H46O8/c1-25-22-30-29(28-7-9-31(27(3)24-28)40-20-18-38-16-14-36-12-10-34-4)8-6-26(2)33(30)32(23-25)41-21-19-39-17-15-37-13-11-35-5/h6-9,22-24H,10-21H2,1-5H3. The van der Waals surface area contributed by atoms with Gasteiger partial charge in [-0.3, -0.25) is 0 Å². The largest absolute Gasteiger partial charge is 0.491 e. The van der Waals surface area contributed by atoms with Crippen molar-refractivity contribution >= 4 is 10.8 Å². The molecular formula is C33H46O8. The molecule has 3 aromatic rings. The van der Waals surface area contributed by atoms with E-state index in [1.807, 2.05) is 6.07 Å². The Labute approximate surface area is 244 Å². The van der Waals surface area contributed by atoms with Crippen LogP contribution in [-0.4, -0.2) is 93.5 Å². The maximum Gasteiger partial charge on any atom is 0.127 e. The maximum atomic E-state index is 6.23. The van der Waals surface area contributed by atoms with Crippen LogP contribution in [0.1, 0.15) is 16.7 Å². The fraction of sp³-hybridized carbons (Fsp3) is 0.515. The molecule has 0 aliphatic rings. The topological polar surface area (TPSA) is 73.8 Å².